The average Bonchev–Trinajstić information content (AvgIpc) is 2.43. The van der Waals surface area contributed by atoms with Gasteiger partial charge in [-0.2, -0.15) is 0 Å². The SMILES string of the molecule is C=C/C=C\N(C(=C)C(=O)c1c(Cl)ccc(F)c1Cl)C(C)C. The molecule has 1 rings (SSSR count). The van der Waals surface area contributed by atoms with Gasteiger partial charge in [-0.15, -0.1) is 0 Å². The molecule has 2 nitrogen and oxygen atoms in total. The highest BCUT2D eigenvalue weighted by molar-refractivity contribution is 6.41. The van der Waals surface area contributed by atoms with E-state index >= 15 is 0 Å². The van der Waals surface area contributed by atoms with Gasteiger partial charge < -0.3 is 4.90 Å². The molecule has 5 heteroatoms. The monoisotopic (exact) mass is 327 g/mol. The Morgan fingerprint density at radius 2 is 2.00 bits per heavy atom. The van der Waals surface area contributed by atoms with Crippen LogP contribution >= 0.6 is 23.2 Å². The van der Waals surface area contributed by atoms with Crippen molar-refractivity contribution >= 4 is 29.0 Å². The van der Waals surface area contributed by atoms with Gasteiger partial charge >= 0.3 is 0 Å². The molecule has 0 atom stereocenters. The van der Waals surface area contributed by atoms with Crippen molar-refractivity contribution in [1.29, 1.82) is 0 Å². The van der Waals surface area contributed by atoms with Crippen LogP contribution < -0.4 is 0 Å². The van der Waals surface area contributed by atoms with Gasteiger partial charge in [0.2, 0.25) is 5.78 Å². The van der Waals surface area contributed by atoms with E-state index in [4.69, 9.17) is 23.2 Å². The minimum Gasteiger partial charge on any atom is -0.343 e. The molecule has 0 radical (unpaired) electrons. The summed E-state index contributed by atoms with van der Waals surface area (Å²) in [5.41, 5.74) is 0.0680. The van der Waals surface area contributed by atoms with E-state index in [1.54, 1.807) is 23.3 Å². The molecule has 1 aromatic rings. The standard InChI is InChI=1S/C16H16Cl2FNO/c1-5-6-9-20(10(2)3)11(4)16(21)14-12(17)7-8-13(19)15(14)18/h5-10H,1,4H2,2-3H3/b9-6-. The molecular formula is C16H16Cl2FNO. The summed E-state index contributed by atoms with van der Waals surface area (Å²) in [5.74, 6) is -1.22. The highest BCUT2D eigenvalue weighted by Crippen LogP contribution is 2.30. The summed E-state index contributed by atoms with van der Waals surface area (Å²) in [6, 6.07) is 2.38. The quantitative estimate of drug-likeness (QED) is 0.308. The first-order valence-corrected chi connectivity index (χ1v) is 7.01. The number of benzene rings is 1. The Hall–Kier alpha value is -1.58. The number of nitrogens with zero attached hydrogens (tertiary/aromatic N) is 1. The number of rotatable bonds is 6. The summed E-state index contributed by atoms with van der Waals surface area (Å²) in [4.78, 5) is 14.2. The fourth-order valence-corrected chi connectivity index (χ4v) is 2.27. The van der Waals surface area contributed by atoms with Crippen molar-refractivity contribution in [2.75, 3.05) is 0 Å². The highest BCUT2D eigenvalue weighted by atomic mass is 35.5. The van der Waals surface area contributed by atoms with Crippen LogP contribution in [0.2, 0.25) is 10.0 Å². The molecule has 0 heterocycles. The smallest absolute Gasteiger partial charge is 0.211 e. The summed E-state index contributed by atoms with van der Waals surface area (Å²) in [5, 5.41) is -0.214. The predicted molar refractivity (Wildman–Crippen MR) is 86.2 cm³/mol. The van der Waals surface area contributed by atoms with Crippen LogP contribution in [0.3, 0.4) is 0 Å². The maximum atomic E-state index is 13.5. The Bertz CT molecular complexity index is 609. The molecule has 0 saturated heterocycles. The van der Waals surface area contributed by atoms with Crippen LogP contribution in [0.25, 0.3) is 0 Å². The van der Waals surface area contributed by atoms with Crippen LogP contribution in [-0.4, -0.2) is 16.7 Å². The van der Waals surface area contributed by atoms with Crippen LogP contribution in [0.1, 0.15) is 24.2 Å². The van der Waals surface area contributed by atoms with Crippen LogP contribution in [0, 0.1) is 5.82 Å². The van der Waals surface area contributed by atoms with Gasteiger partial charge in [0.1, 0.15) is 5.82 Å². The molecule has 0 saturated carbocycles. The third-order valence-electron chi connectivity index (χ3n) is 2.78. The fraction of sp³-hybridized carbons (Fsp3) is 0.188. The highest BCUT2D eigenvalue weighted by Gasteiger charge is 2.24. The summed E-state index contributed by atoms with van der Waals surface area (Å²) >= 11 is 11.8. The van der Waals surface area contributed by atoms with Crippen LogP contribution in [0.15, 0.2) is 49.3 Å². The zero-order valence-corrected chi connectivity index (χ0v) is 13.4. The zero-order valence-electron chi connectivity index (χ0n) is 11.9. The van der Waals surface area contributed by atoms with Crippen LogP contribution in [0.4, 0.5) is 4.39 Å². The van der Waals surface area contributed by atoms with Gasteiger partial charge in [-0.25, -0.2) is 4.39 Å². The number of halogens is 3. The van der Waals surface area contributed by atoms with Gasteiger partial charge in [0.25, 0.3) is 0 Å². The van der Waals surface area contributed by atoms with E-state index in [2.05, 4.69) is 13.2 Å². The van der Waals surface area contributed by atoms with Crippen molar-refractivity contribution < 1.29 is 9.18 Å². The molecule has 0 unspecified atom stereocenters. The Morgan fingerprint density at radius 1 is 1.38 bits per heavy atom. The number of allylic oxidation sites excluding steroid dienone is 3. The minimum absolute atomic E-state index is 0.0243. The number of carbonyl (C=O) groups is 1. The molecular weight excluding hydrogens is 312 g/mol. The molecule has 0 amide bonds. The lowest BCUT2D eigenvalue weighted by atomic mass is 10.1. The second-order valence-electron chi connectivity index (χ2n) is 4.57. The topological polar surface area (TPSA) is 20.3 Å². The van der Waals surface area contributed by atoms with Gasteiger partial charge in [-0.05, 0) is 32.1 Å². The maximum absolute atomic E-state index is 13.5. The van der Waals surface area contributed by atoms with E-state index in [9.17, 15) is 9.18 Å². The first-order valence-electron chi connectivity index (χ1n) is 6.25. The summed E-state index contributed by atoms with van der Waals surface area (Å²) < 4.78 is 13.5. The lowest BCUT2D eigenvalue weighted by Gasteiger charge is -2.26. The van der Waals surface area contributed by atoms with E-state index in [0.29, 0.717) is 0 Å². The van der Waals surface area contributed by atoms with Crippen molar-refractivity contribution in [2.24, 2.45) is 0 Å². The van der Waals surface area contributed by atoms with Gasteiger partial charge in [-0.1, -0.05) is 42.4 Å². The molecule has 0 N–H and O–H groups in total. The van der Waals surface area contributed by atoms with Crippen molar-refractivity contribution in [3.8, 4) is 0 Å². The molecule has 0 aliphatic carbocycles. The van der Waals surface area contributed by atoms with Crippen LogP contribution in [-0.2, 0) is 0 Å². The van der Waals surface area contributed by atoms with Crippen molar-refractivity contribution in [3.63, 3.8) is 0 Å². The van der Waals surface area contributed by atoms with Gasteiger partial charge in [0.05, 0.1) is 21.3 Å². The molecule has 1 aromatic carbocycles. The molecule has 112 valence electrons. The van der Waals surface area contributed by atoms with Crippen LogP contribution in [0.5, 0.6) is 0 Å². The number of Topliss-reactive ketones (excluding diaryl/α,β-unsaturated/α-hetero) is 1. The second-order valence-corrected chi connectivity index (χ2v) is 5.36. The second kappa shape index (κ2) is 7.43. The maximum Gasteiger partial charge on any atom is 0.211 e. The first kappa shape index (κ1) is 17.5. The predicted octanol–water partition coefficient (Wildman–Crippen LogP) is 5.24. The Kier molecular flexibility index (Phi) is 6.19. The fourth-order valence-electron chi connectivity index (χ4n) is 1.72. The summed E-state index contributed by atoms with van der Waals surface area (Å²) in [7, 11) is 0. The van der Waals surface area contributed by atoms with Gasteiger partial charge in [0.15, 0.2) is 0 Å². The van der Waals surface area contributed by atoms with Gasteiger partial charge in [-0.3, -0.25) is 4.79 Å². The van der Waals surface area contributed by atoms with E-state index in [0.717, 1.165) is 6.07 Å². The minimum atomic E-state index is -0.699. The first-order chi connectivity index (χ1) is 9.81. The number of hydrogen-bond acceptors (Lipinski definition) is 2. The third kappa shape index (κ3) is 3.96. The van der Waals surface area contributed by atoms with E-state index in [-0.39, 0.29) is 27.3 Å². The Morgan fingerprint density at radius 3 is 2.52 bits per heavy atom. The van der Waals surface area contributed by atoms with E-state index < -0.39 is 11.6 Å². The van der Waals surface area contributed by atoms with Crippen molar-refractivity contribution in [1.82, 2.24) is 4.90 Å². The van der Waals surface area contributed by atoms with Crippen molar-refractivity contribution in [2.45, 2.75) is 19.9 Å². The molecule has 0 aromatic heterocycles. The van der Waals surface area contributed by atoms with E-state index in [1.165, 1.54) is 6.07 Å². The normalized spacial score (nSPS) is 11.0. The summed E-state index contributed by atoms with van der Waals surface area (Å²) in [6.45, 7) is 11.1. The number of carbonyl (C=O) groups excluding carboxylic acids is 1. The molecule has 0 aliphatic heterocycles. The Balaban J connectivity index is 3.24. The number of ketones is 1. The molecule has 0 aliphatic rings. The number of hydrogen-bond donors (Lipinski definition) is 0. The molecule has 0 bridgehead atoms. The molecule has 0 fully saturated rings. The summed E-state index contributed by atoms with van der Waals surface area (Å²) in [6.07, 6.45) is 4.92. The zero-order chi connectivity index (χ0) is 16.2. The molecule has 21 heavy (non-hydrogen) atoms. The largest absolute Gasteiger partial charge is 0.343 e. The lowest BCUT2D eigenvalue weighted by molar-refractivity contribution is 0.0997. The molecule has 0 spiro atoms. The third-order valence-corrected chi connectivity index (χ3v) is 3.47. The Labute approximate surface area is 134 Å². The lowest BCUT2D eigenvalue weighted by Crippen LogP contribution is -2.28. The van der Waals surface area contributed by atoms with Crippen molar-refractivity contribution in [3.05, 3.63) is 70.8 Å². The van der Waals surface area contributed by atoms with E-state index in [1.807, 2.05) is 13.8 Å². The van der Waals surface area contributed by atoms with Gasteiger partial charge in [0, 0.05) is 12.2 Å². The average molecular weight is 328 g/mol.